The van der Waals surface area contributed by atoms with E-state index < -0.39 is 11.8 Å². The average Bonchev–Trinajstić information content (AvgIpc) is 2.45. The van der Waals surface area contributed by atoms with E-state index >= 15 is 0 Å². The zero-order chi connectivity index (χ0) is 15.7. The SMILES string of the molecule is CCOC(=O)c1cc2c(c(C)n1)C(=O)C(OC)=C(C)C2=O. The van der Waals surface area contributed by atoms with Crippen LogP contribution in [-0.4, -0.2) is 36.2 Å². The maximum absolute atomic E-state index is 12.3. The Morgan fingerprint density at radius 2 is 1.90 bits per heavy atom. The van der Waals surface area contributed by atoms with Gasteiger partial charge in [0, 0.05) is 11.1 Å². The van der Waals surface area contributed by atoms with Crippen LogP contribution in [0, 0.1) is 6.92 Å². The predicted octanol–water partition coefficient (Wildman–Crippen LogP) is 1.87. The molecule has 0 saturated heterocycles. The summed E-state index contributed by atoms with van der Waals surface area (Å²) in [7, 11) is 1.34. The first-order chi connectivity index (χ1) is 9.92. The van der Waals surface area contributed by atoms with E-state index in [4.69, 9.17) is 9.47 Å². The molecule has 0 aliphatic heterocycles. The van der Waals surface area contributed by atoms with Gasteiger partial charge in [0.15, 0.2) is 11.5 Å². The molecule has 0 N–H and O–H groups in total. The van der Waals surface area contributed by atoms with Crippen molar-refractivity contribution in [3.05, 3.63) is 39.9 Å². The summed E-state index contributed by atoms with van der Waals surface area (Å²) in [6.45, 7) is 4.97. The molecule has 0 unspecified atom stereocenters. The number of Topliss-reactive ketones (excluding diaryl/α,β-unsaturated/α-hetero) is 2. The van der Waals surface area contributed by atoms with Crippen LogP contribution in [-0.2, 0) is 9.47 Å². The van der Waals surface area contributed by atoms with Gasteiger partial charge in [0.05, 0.1) is 25.0 Å². The van der Waals surface area contributed by atoms with Gasteiger partial charge < -0.3 is 9.47 Å². The van der Waals surface area contributed by atoms with Crippen molar-refractivity contribution in [3.8, 4) is 0 Å². The fourth-order valence-corrected chi connectivity index (χ4v) is 2.28. The van der Waals surface area contributed by atoms with Gasteiger partial charge in [-0.05, 0) is 26.8 Å². The van der Waals surface area contributed by atoms with E-state index in [1.165, 1.54) is 20.1 Å². The number of fused-ring (bicyclic) bond motifs is 1. The third kappa shape index (κ3) is 2.33. The number of hydrogen-bond acceptors (Lipinski definition) is 6. The standard InChI is InChI=1S/C15H15NO5/c1-5-21-15(19)10-6-9-11(8(3)16-10)13(18)14(20-4)7(2)12(9)17/h6H,5H2,1-4H3. The van der Waals surface area contributed by atoms with Gasteiger partial charge in [-0.3, -0.25) is 9.59 Å². The molecule has 110 valence electrons. The smallest absolute Gasteiger partial charge is 0.356 e. The lowest BCUT2D eigenvalue weighted by molar-refractivity contribution is 0.0518. The highest BCUT2D eigenvalue weighted by atomic mass is 16.5. The second kappa shape index (κ2) is 5.47. The zero-order valence-corrected chi connectivity index (χ0v) is 12.3. The van der Waals surface area contributed by atoms with Gasteiger partial charge in [-0.25, -0.2) is 9.78 Å². The number of carbonyl (C=O) groups is 3. The topological polar surface area (TPSA) is 82.6 Å². The molecule has 6 heteroatoms. The van der Waals surface area contributed by atoms with Crippen molar-refractivity contribution >= 4 is 17.5 Å². The number of rotatable bonds is 3. The lowest BCUT2D eigenvalue weighted by atomic mass is 9.87. The number of nitrogens with zero attached hydrogens (tertiary/aromatic N) is 1. The van der Waals surface area contributed by atoms with Crippen molar-refractivity contribution in [1.82, 2.24) is 4.98 Å². The van der Waals surface area contributed by atoms with Crippen molar-refractivity contribution in [3.63, 3.8) is 0 Å². The summed E-state index contributed by atoms with van der Waals surface area (Å²) in [5.74, 6) is -1.35. The highest BCUT2D eigenvalue weighted by molar-refractivity contribution is 6.26. The molecule has 1 heterocycles. The van der Waals surface area contributed by atoms with Crippen molar-refractivity contribution in [2.75, 3.05) is 13.7 Å². The third-order valence-electron chi connectivity index (χ3n) is 3.25. The summed E-state index contributed by atoms with van der Waals surface area (Å²) in [6, 6.07) is 1.30. The molecule has 0 spiro atoms. The number of ketones is 2. The van der Waals surface area contributed by atoms with E-state index in [2.05, 4.69) is 4.98 Å². The number of esters is 1. The maximum atomic E-state index is 12.3. The number of aromatic nitrogens is 1. The molecule has 0 fully saturated rings. The highest BCUT2D eigenvalue weighted by Gasteiger charge is 2.34. The van der Waals surface area contributed by atoms with Crippen LogP contribution in [0.4, 0.5) is 0 Å². The number of ether oxygens (including phenoxy) is 2. The summed E-state index contributed by atoms with van der Waals surface area (Å²) in [4.78, 5) is 40.5. The van der Waals surface area contributed by atoms with Crippen molar-refractivity contribution < 1.29 is 23.9 Å². The van der Waals surface area contributed by atoms with Gasteiger partial charge in [-0.15, -0.1) is 0 Å². The second-order valence-electron chi connectivity index (χ2n) is 4.55. The quantitative estimate of drug-likeness (QED) is 0.790. The van der Waals surface area contributed by atoms with Crippen LogP contribution in [0.15, 0.2) is 17.4 Å². The lowest BCUT2D eigenvalue weighted by Crippen LogP contribution is -2.25. The number of aryl methyl sites for hydroxylation is 1. The van der Waals surface area contributed by atoms with Gasteiger partial charge in [-0.1, -0.05) is 0 Å². The third-order valence-corrected chi connectivity index (χ3v) is 3.25. The number of pyridine rings is 1. The number of carbonyl (C=O) groups excluding carboxylic acids is 3. The van der Waals surface area contributed by atoms with Crippen LogP contribution in [0.2, 0.25) is 0 Å². The average molecular weight is 289 g/mol. The molecule has 0 radical (unpaired) electrons. The molecular weight excluding hydrogens is 274 g/mol. The second-order valence-corrected chi connectivity index (χ2v) is 4.55. The molecule has 0 aromatic carbocycles. The fraction of sp³-hybridized carbons (Fsp3) is 0.333. The van der Waals surface area contributed by atoms with Gasteiger partial charge in [0.2, 0.25) is 5.78 Å². The van der Waals surface area contributed by atoms with E-state index in [1.54, 1.807) is 13.8 Å². The Morgan fingerprint density at radius 3 is 2.48 bits per heavy atom. The number of methoxy groups -OCH3 is 1. The Kier molecular flexibility index (Phi) is 3.88. The van der Waals surface area contributed by atoms with E-state index in [-0.39, 0.29) is 40.5 Å². The maximum Gasteiger partial charge on any atom is 0.356 e. The van der Waals surface area contributed by atoms with E-state index in [0.29, 0.717) is 5.69 Å². The highest BCUT2D eigenvalue weighted by Crippen LogP contribution is 2.28. The van der Waals surface area contributed by atoms with Gasteiger partial charge in [-0.2, -0.15) is 0 Å². The molecule has 1 aliphatic carbocycles. The molecule has 2 rings (SSSR count). The molecule has 0 amide bonds. The number of allylic oxidation sites excluding steroid dienone is 2. The van der Waals surface area contributed by atoms with Gasteiger partial charge in [0.1, 0.15) is 5.69 Å². The Morgan fingerprint density at radius 1 is 1.24 bits per heavy atom. The predicted molar refractivity (Wildman–Crippen MR) is 73.3 cm³/mol. The molecule has 0 bridgehead atoms. The summed E-state index contributed by atoms with van der Waals surface area (Å²) >= 11 is 0. The first-order valence-corrected chi connectivity index (χ1v) is 6.45. The summed E-state index contributed by atoms with van der Waals surface area (Å²) in [5, 5.41) is 0. The first kappa shape index (κ1) is 14.9. The van der Waals surface area contributed by atoms with Crippen LogP contribution in [0.3, 0.4) is 0 Å². The van der Waals surface area contributed by atoms with E-state index in [0.717, 1.165) is 0 Å². The Hall–Kier alpha value is -2.50. The monoisotopic (exact) mass is 289 g/mol. The summed E-state index contributed by atoms with van der Waals surface area (Å²) < 4.78 is 9.87. The van der Waals surface area contributed by atoms with E-state index in [1.807, 2.05) is 0 Å². The largest absolute Gasteiger partial charge is 0.492 e. The molecule has 0 saturated carbocycles. The summed E-state index contributed by atoms with van der Waals surface area (Å²) in [6.07, 6.45) is 0. The normalized spacial score (nSPS) is 14.1. The van der Waals surface area contributed by atoms with Crippen molar-refractivity contribution in [2.24, 2.45) is 0 Å². The first-order valence-electron chi connectivity index (χ1n) is 6.45. The minimum absolute atomic E-state index is 0.0151. The summed E-state index contributed by atoms with van der Waals surface area (Å²) in [5.41, 5.74) is 0.874. The van der Waals surface area contributed by atoms with Crippen molar-refractivity contribution in [1.29, 1.82) is 0 Å². The molecular formula is C15H15NO5. The lowest BCUT2D eigenvalue weighted by Gasteiger charge is -2.19. The van der Waals surface area contributed by atoms with Crippen LogP contribution >= 0.6 is 0 Å². The van der Waals surface area contributed by atoms with Crippen LogP contribution in [0.5, 0.6) is 0 Å². The minimum atomic E-state index is -0.622. The molecule has 0 atom stereocenters. The molecule has 1 aromatic rings. The zero-order valence-electron chi connectivity index (χ0n) is 12.3. The van der Waals surface area contributed by atoms with Crippen LogP contribution in [0.1, 0.15) is 50.7 Å². The Bertz CT molecular complexity index is 688. The van der Waals surface area contributed by atoms with Gasteiger partial charge in [0.25, 0.3) is 0 Å². The Balaban J connectivity index is 2.63. The van der Waals surface area contributed by atoms with Gasteiger partial charge >= 0.3 is 5.97 Å². The minimum Gasteiger partial charge on any atom is -0.492 e. The van der Waals surface area contributed by atoms with Crippen LogP contribution < -0.4 is 0 Å². The fourth-order valence-electron chi connectivity index (χ4n) is 2.28. The van der Waals surface area contributed by atoms with Crippen molar-refractivity contribution in [2.45, 2.75) is 20.8 Å². The molecule has 21 heavy (non-hydrogen) atoms. The van der Waals surface area contributed by atoms with E-state index in [9.17, 15) is 14.4 Å². The molecule has 1 aliphatic rings. The molecule has 6 nitrogen and oxygen atoms in total. The molecule has 1 aromatic heterocycles. The number of hydrogen-bond donors (Lipinski definition) is 0. The Labute approximate surface area is 121 Å². The van der Waals surface area contributed by atoms with Crippen LogP contribution in [0.25, 0.3) is 0 Å².